The van der Waals surface area contributed by atoms with E-state index in [2.05, 4.69) is 63.8 Å². The molecule has 1 heterocycles. The van der Waals surface area contributed by atoms with Gasteiger partial charge in [0.05, 0.1) is 6.61 Å². The van der Waals surface area contributed by atoms with Crippen molar-refractivity contribution in [3.05, 3.63) is 59.7 Å². The Morgan fingerprint density at radius 2 is 2.04 bits per heavy atom. The normalized spacial score (nSPS) is 17.1. The van der Waals surface area contributed by atoms with Gasteiger partial charge in [-0.2, -0.15) is 0 Å². The number of benzene rings is 2. The Kier molecular flexibility index (Phi) is 6.58. The highest BCUT2D eigenvalue weighted by atomic mass is 16.5. The average Bonchev–Trinajstić information content (AvgIpc) is 3.15. The molecular formula is C22H30N4O. The smallest absolute Gasteiger partial charge is 0.191 e. The predicted octanol–water partition coefficient (Wildman–Crippen LogP) is 3.34. The van der Waals surface area contributed by atoms with Crippen molar-refractivity contribution in [2.45, 2.75) is 32.9 Å². The third-order valence-corrected chi connectivity index (χ3v) is 4.82. The molecule has 3 rings (SSSR count). The van der Waals surface area contributed by atoms with E-state index in [1.165, 1.54) is 16.8 Å². The lowest BCUT2D eigenvalue weighted by atomic mass is 10.2. The van der Waals surface area contributed by atoms with Crippen LogP contribution in [0.5, 0.6) is 5.75 Å². The predicted molar refractivity (Wildman–Crippen MR) is 113 cm³/mol. The lowest BCUT2D eigenvalue weighted by molar-refractivity contribution is 0.340. The summed E-state index contributed by atoms with van der Waals surface area (Å²) in [6, 6.07) is 17.3. The van der Waals surface area contributed by atoms with Gasteiger partial charge in [-0.3, -0.25) is 4.99 Å². The number of ether oxygens (including phenoxy) is 1. The fourth-order valence-corrected chi connectivity index (χ4v) is 3.35. The fraction of sp³-hybridized carbons (Fsp3) is 0.409. The van der Waals surface area contributed by atoms with Gasteiger partial charge in [-0.15, -0.1) is 0 Å². The van der Waals surface area contributed by atoms with Gasteiger partial charge in [-0.1, -0.05) is 29.8 Å². The van der Waals surface area contributed by atoms with Crippen LogP contribution in [-0.4, -0.2) is 38.7 Å². The maximum atomic E-state index is 5.57. The van der Waals surface area contributed by atoms with Crippen molar-refractivity contribution < 1.29 is 4.74 Å². The topological polar surface area (TPSA) is 48.9 Å². The zero-order valence-electron chi connectivity index (χ0n) is 16.5. The number of nitrogens with zero attached hydrogens (tertiary/aromatic N) is 2. The third-order valence-electron chi connectivity index (χ3n) is 4.82. The molecule has 5 nitrogen and oxygen atoms in total. The van der Waals surface area contributed by atoms with Crippen LogP contribution in [0.4, 0.5) is 5.69 Å². The van der Waals surface area contributed by atoms with E-state index in [0.29, 0.717) is 12.6 Å². The van der Waals surface area contributed by atoms with Gasteiger partial charge in [-0.05, 0) is 50.1 Å². The molecule has 2 aromatic rings. The molecule has 1 fully saturated rings. The summed E-state index contributed by atoms with van der Waals surface area (Å²) in [6.45, 7) is 7.57. The van der Waals surface area contributed by atoms with Gasteiger partial charge in [0.2, 0.25) is 0 Å². The van der Waals surface area contributed by atoms with Crippen LogP contribution in [0.1, 0.15) is 24.5 Å². The lowest BCUT2D eigenvalue weighted by Gasteiger charge is -2.20. The van der Waals surface area contributed by atoms with E-state index >= 15 is 0 Å². The maximum absolute atomic E-state index is 5.57. The first kappa shape index (κ1) is 19.1. The fourth-order valence-electron chi connectivity index (χ4n) is 3.35. The standard InChI is InChI=1S/C22H30N4O/c1-4-27-21-7-5-6-18(14-21)15-24-22(23-3)25-19-12-13-26(16-19)20-10-8-17(2)9-11-20/h5-11,14,19H,4,12-13,15-16H2,1-3H3,(H2,23,24,25). The van der Waals surface area contributed by atoms with Gasteiger partial charge < -0.3 is 20.3 Å². The van der Waals surface area contributed by atoms with E-state index < -0.39 is 0 Å². The number of guanidine groups is 1. The Balaban J connectivity index is 1.50. The molecule has 2 aromatic carbocycles. The van der Waals surface area contributed by atoms with Crippen molar-refractivity contribution in [1.29, 1.82) is 0 Å². The first-order valence-electron chi connectivity index (χ1n) is 9.68. The second-order valence-electron chi connectivity index (χ2n) is 6.92. The monoisotopic (exact) mass is 366 g/mol. The quantitative estimate of drug-likeness (QED) is 0.608. The highest BCUT2D eigenvalue weighted by molar-refractivity contribution is 5.80. The first-order chi connectivity index (χ1) is 13.2. The Labute approximate surface area is 162 Å². The van der Waals surface area contributed by atoms with E-state index in [1.54, 1.807) is 0 Å². The lowest BCUT2D eigenvalue weighted by Crippen LogP contribution is -2.44. The highest BCUT2D eigenvalue weighted by Crippen LogP contribution is 2.20. The molecule has 1 unspecified atom stereocenters. The van der Waals surface area contributed by atoms with Crippen molar-refractivity contribution >= 4 is 11.6 Å². The number of hydrogen-bond donors (Lipinski definition) is 2. The molecule has 1 aliphatic rings. The van der Waals surface area contributed by atoms with E-state index in [0.717, 1.165) is 37.8 Å². The number of hydrogen-bond acceptors (Lipinski definition) is 3. The number of nitrogens with one attached hydrogen (secondary N) is 2. The zero-order chi connectivity index (χ0) is 19.1. The minimum absolute atomic E-state index is 0.396. The minimum atomic E-state index is 0.396. The van der Waals surface area contributed by atoms with Gasteiger partial charge in [-0.25, -0.2) is 0 Å². The van der Waals surface area contributed by atoms with E-state index in [9.17, 15) is 0 Å². The van der Waals surface area contributed by atoms with Gasteiger partial charge in [0.25, 0.3) is 0 Å². The number of anilines is 1. The molecule has 1 saturated heterocycles. The van der Waals surface area contributed by atoms with Gasteiger partial charge >= 0.3 is 0 Å². The van der Waals surface area contributed by atoms with Crippen LogP contribution in [0.25, 0.3) is 0 Å². The Morgan fingerprint density at radius 1 is 1.22 bits per heavy atom. The molecule has 0 radical (unpaired) electrons. The molecule has 27 heavy (non-hydrogen) atoms. The van der Waals surface area contributed by atoms with Crippen LogP contribution < -0.4 is 20.3 Å². The summed E-state index contributed by atoms with van der Waals surface area (Å²) in [4.78, 5) is 6.81. The highest BCUT2D eigenvalue weighted by Gasteiger charge is 2.23. The molecule has 0 aromatic heterocycles. The Hall–Kier alpha value is -2.69. The zero-order valence-corrected chi connectivity index (χ0v) is 16.5. The SMILES string of the molecule is CCOc1cccc(CNC(=NC)NC2CCN(c3ccc(C)cc3)C2)c1. The van der Waals surface area contributed by atoms with Crippen LogP contribution in [0.3, 0.4) is 0 Å². The third kappa shape index (κ3) is 5.39. The second kappa shape index (κ2) is 9.31. The summed E-state index contributed by atoms with van der Waals surface area (Å²) in [5.74, 6) is 1.75. The number of aliphatic imine (C=N–C) groups is 1. The summed E-state index contributed by atoms with van der Waals surface area (Å²) in [6.07, 6.45) is 1.11. The molecule has 0 amide bonds. The second-order valence-corrected chi connectivity index (χ2v) is 6.92. The van der Waals surface area contributed by atoms with Crippen molar-refractivity contribution in [2.24, 2.45) is 4.99 Å². The average molecular weight is 367 g/mol. The summed E-state index contributed by atoms with van der Waals surface area (Å²) >= 11 is 0. The Bertz CT molecular complexity index is 757. The molecule has 144 valence electrons. The molecule has 1 atom stereocenters. The van der Waals surface area contributed by atoms with E-state index in [4.69, 9.17) is 4.74 Å². The molecule has 2 N–H and O–H groups in total. The first-order valence-corrected chi connectivity index (χ1v) is 9.68. The molecule has 0 saturated carbocycles. The number of rotatable bonds is 6. The van der Waals surface area contributed by atoms with Crippen molar-refractivity contribution in [3.63, 3.8) is 0 Å². The molecule has 0 aliphatic carbocycles. The van der Waals surface area contributed by atoms with Crippen molar-refractivity contribution in [1.82, 2.24) is 10.6 Å². The van der Waals surface area contributed by atoms with Crippen LogP contribution in [0.15, 0.2) is 53.5 Å². The van der Waals surface area contributed by atoms with Gasteiger partial charge in [0.15, 0.2) is 5.96 Å². The van der Waals surface area contributed by atoms with Crippen molar-refractivity contribution in [2.75, 3.05) is 31.6 Å². The van der Waals surface area contributed by atoms with Crippen LogP contribution in [-0.2, 0) is 6.54 Å². The summed E-state index contributed by atoms with van der Waals surface area (Å²) in [5, 5.41) is 6.96. The van der Waals surface area contributed by atoms with E-state index in [1.807, 2.05) is 26.1 Å². The van der Waals surface area contributed by atoms with Gasteiger partial charge in [0, 0.05) is 38.4 Å². The molecule has 0 bridgehead atoms. The van der Waals surface area contributed by atoms with E-state index in [-0.39, 0.29) is 0 Å². The van der Waals surface area contributed by atoms with Crippen LogP contribution in [0, 0.1) is 6.92 Å². The van der Waals surface area contributed by atoms with Crippen molar-refractivity contribution in [3.8, 4) is 5.75 Å². The summed E-state index contributed by atoms with van der Waals surface area (Å²) < 4.78 is 5.57. The van der Waals surface area contributed by atoms with Gasteiger partial charge in [0.1, 0.15) is 5.75 Å². The molecule has 0 spiro atoms. The Morgan fingerprint density at radius 3 is 2.78 bits per heavy atom. The molecule has 1 aliphatic heterocycles. The minimum Gasteiger partial charge on any atom is -0.494 e. The summed E-state index contributed by atoms with van der Waals surface area (Å²) in [7, 11) is 1.82. The molecule has 5 heteroatoms. The largest absolute Gasteiger partial charge is 0.494 e. The van der Waals surface area contributed by atoms with Crippen LogP contribution >= 0.6 is 0 Å². The summed E-state index contributed by atoms with van der Waals surface area (Å²) in [5.41, 5.74) is 3.77. The van der Waals surface area contributed by atoms with Crippen LogP contribution in [0.2, 0.25) is 0 Å². The molecular weight excluding hydrogens is 336 g/mol. The number of aryl methyl sites for hydroxylation is 1. The maximum Gasteiger partial charge on any atom is 0.191 e.